The van der Waals surface area contributed by atoms with Crippen LogP contribution in [-0.2, 0) is 16.2 Å². The van der Waals surface area contributed by atoms with Gasteiger partial charge in [-0.05, 0) is 6.07 Å². The van der Waals surface area contributed by atoms with Crippen molar-refractivity contribution >= 4 is 5.91 Å². The van der Waals surface area contributed by atoms with Gasteiger partial charge in [-0.1, -0.05) is 0 Å². The molecule has 0 radical (unpaired) electrons. The van der Waals surface area contributed by atoms with Crippen LogP contribution in [0.5, 0.6) is 0 Å². The second kappa shape index (κ2) is 5.47. The van der Waals surface area contributed by atoms with E-state index in [1.54, 1.807) is 0 Å². The highest BCUT2D eigenvalue weighted by Gasteiger charge is 2.09. The third-order valence-corrected chi connectivity index (χ3v) is 1.67. The van der Waals surface area contributed by atoms with E-state index in [-0.39, 0.29) is 12.1 Å². The molecule has 0 fully saturated rings. The molecule has 0 heterocycles. The molecule has 16 heavy (non-hydrogen) atoms. The Balaban J connectivity index is 2.54. The van der Waals surface area contributed by atoms with Crippen LogP contribution in [-0.4, -0.2) is 12.5 Å². The van der Waals surface area contributed by atoms with Crippen molar-refractivity contribution in [2.45, 2.75) is 6.54 Å². The van der Waals surface area contributed by atoms with Crippen molar-refractivity contribution in [3.8, 4) is 0 Å². The maximum atomic E-state index is 13.0. The lowest BCUT2D eigenvalue weighted by molar-refractivity contribution is -0.125. The lowest BCUT2D eigenvalue weighted by Crippen LogP contribution is -2.24. The number of carbonyl (C=O) groups is 1. The minimum absolute atomic E-state index is 0.122. The van der Waals surface area contributed by atoms with E-state index in [0.29, 0.717) is 12.1 Å². The van der Waals surface area contributed by atoms with E-state index in [1.807, 2.05) is 0 Å². The Morgan fingerprint density at radius 3 is 2.50 bits per heavy atom. The molecular weight excluding hydrogens is 225 g/mol. The third-order valence-electron chi connectivity index (χ3n) is 1.67. The van der Waals surface area contributed by atoms with Crippen LogP contribution in [0.15, 0.2) is 12.1 Å². The van der Waals surface area contributed by atoms with Crippen LogP contribution in [0.1, 0.15) is 5.56 Å². The largest absolute Gasteiger partial charge is 0.368 e. The molecule has 0 aliphatic carbocycles. The Bertz CT molecular complexity index is 399. The van der Waals surface area contributed by atoms with Gasteiger partial charge in [0.25, 0.3) is 0 Å². The Kier molecular flexibility index (Phi) is 4.27. The van der Waals surface area contributed by atoms with Crippen molar-refractivity contribution in [1.82, 2.24) is 5.48 Å². The maximum absolute atomic E-state index is 13.0. The standard InChI is InChI=1S/C9H9F3N2O2/c10-6-2-8(12)7(11)1-5(6)3-14-16-4-9(13)15/h1-2,14H,3-4H2,(H2,13,15). The smallest absolute Gasteiger partial charge is 0.245 e. The van der Waals surface area contributed by atoms with Crippen LogP contribution in [0.3, 0.4) is 0 Å². The van der Waals surface area contributed by atoms with Crippen molar-refractivity contribution in [2.75, 3.05) is 6.61 Å². The predicted octanol–water partition coefficient (Wildman–Crippen LogP) is 0.610. The molecule has 0 aromatic heterocycles. The normalized spacial score (nSPS) is 10.4. The fourth-order valence-electron chi connectivity index (χ4n) is 0.950. The SMILES string of the molecule is NC(=O)CONCc1cc(F)c(F)cc1F. The van der Waals surface area contributed by atoms with E-state index in [9.17, 15) is 18.0 Å². The van der Waals surface area contributed by atoms with Crippen molar-refractivity contribution < 1.29 is 22.8 Å². The number of hydroxylamine groups is 1. The summed E-state index contributed by atoms with van der Waals surface area (Å²) in [4.78, 5) is 14.8. The summed E-state index contributed by atoms with van der Waals surface area (Å²) in [5.74, 6) is -4.04. The number of nitrogens with two attached hydrogens (primary N) is 1. The van der Waals surface area contributed by atoms with Gasteiger partial charge in [0.1, 0.15) is 12.4 Å². The summed E-state index contributed by atoms with van der Waals surface area (Å²) in [6.45, 7) is -0.610. The first-order valence-electron chi connectivity index (χ1n) is 4.27. The van der Waals surface area contributed by atoms with Crippen molar-refractivity contribution in [2.24, 2.45) is 5.73 Å². The molecule has 0 saturated heterocycles. The van der Waals surface area contributed by atoms with Gasteiger partial charge in [0.15, 0.2) is 11.6 Å². The van der Waals surface area contributed by atoms with E-state index in [1.165, 1.54) is 0 Å². The number of rotatable bonds is 5. The molecule has 1 rings (SSSR count). The average Bonchev–Trinajstić information content (AvgIpc) is 2.19. The fraction of sp³-hybridized carbons (Fsp3) is 0.222. The zero-order valence-corrected chi connectivity index (χ0v) is 8.10. The topological polar surface area (TPSA) is 64.4 Å². The highest BCUT2D eigenvalue weighted by atomic mass is 19.2. The minimum atomic E-state index is -1.26. The highest BCUT2D eigenvalue weighted by molar-refractivity contribution is 5.74. The molecule has 0 aliphatic rings. The molecule has 0 aliphatic heterocycles. The van der Waals surface area contributed by atoms with Gasteiger partial charge in [0, 0.05) is 18.2 Å². The van der Waals surface area contributed by atoms with Crippen molar-refractivity contribution in [1.29, 1.82) is 0 Å². The van der Waals surface area contributed by atoms with Gasteiger partial charge in [-0.3, -0.25) is 9.63 Å². The van der Waals surface area contributed by atoms with Crippen LogP contribution in [0.2, 0.25) is 0 Å². The summed E-state index contributed by atoms with van der Waals surface area (Å²) < 4.78 is 38.3. The number of nitrogens with one attached hydrogen (secondary N) is 1. The van der Waals surface area contributed by atoms with E-state index < -0.39 is 30.0 Å². The summed E-state index contributed by atoms with van der Waals surface area (Å²) in [6.07, 6.45) is 0. The number of benzene rings is 1. The van der Waals surface area contributed by atoms with Gasteiger partial charge in [-0.2, -0.15) is 5.48 Å². The minimum Gasteiger partial charge on any atom is -0.368 e. The van der Waals surface area contributed by atoms with Crippen LogP contribution < -0.4 is 11.2 Å². The number of halogens is 3. The number of carbonyl (C=O) groups excluding carboxylic acids is 1. The summed E-state index contributed by atoms with van der Waals surface area (Å²) in [5.41, 5.74) is 6.83. The number of amides is 1. The first-order valence-corrected chi connectivity index (χ1v) is 4.27. The van der Waals surface area contributed by atoms with Gasteiger partial charge >= 0.3 is 0 Å². The van der Waals surface area contributed by atoms with E-state index in [4.69, 9.17) is 5.73 Å². The van der Waals surface area contributed by atoms with Crippen molar-refractivity contribution in [3.63, 3.8) is 0 Å². The fourth-order valence-corrected chi connectivity index (χ4v) is 0.950. The molecule has 1 amide bonds. The number of hydrogen-bond acceptors (Lipinski definition) is 3. The molecule has 4 nitrogen and oxygen atoms in total. The van der Waals surface area contributed by atoms with Gasteiger partial charge in [-0.25, -0.2) is 13.2 Å². The van der Waals surface area contributed by atoms with E-state index >= 15 is 0 Å². The third kappa shape index (κ3) is 3.52. The zero-order chi connectivity index (χ0) is 12.1. The molecule has 0 saturated carbocycles. The first-order chi connectivity index (χ1) is 7.50. The van der Waals surface area contributed by atoms with Crippen LogP contribution in [0.25, 0.3) is 0 Å². The molecule has 3 N–H and O–H groups in total. The van der Waals surface area contributed by atoms with Gasteiger partial charge in [0.2, 0.25) is 5.91 Å². The Morgan fingerprint density at radius 2 is 1.88 bits per heavy atom. The monoisotopic (exact) mass is 234 g/mol. The number of primary amides is 1. The van der Waals surface area contributed by atoms with Crippen LogP contribution in [0.4, 0.5) is 13.2 Å². The maximum Gasteiger partial charge on any atom is 0.245 e. The lowest BCUT2D eigenvalue weighted by atomic mass is 10.2. The summed E-state index contributed by atoms with van der Waals surface area (Å²) >= 11 is 0. The molecule has 0 atom stereocenters. The van der Waals surface area contributed by atoms with Gasteiger partial charge < -0.3 is 5.73 Å². The quantitative estimate of drug-likeness (QED) is 0.445. The molecule has 7 heteroatoms. The van der Waals surface area contributed by atoms with Gasteiger partial charge in [0.05, 0.1) is 0 Å². The van der Waals surface area contributed by atoms with Crippen molar-refractivity contribution in [3.05, 3.63) is 35.1 Å². The Morgan fingerprint density at radius 1 is 1.25 bits per heavy atom. The molecule has 1 aromatic rings. The average molecular weight is 234 g/mol. The van der Waals surface area contributed by atoms with Crippen LogP contribution >= 0.6 is 0 Å². The van der Waals surface area contributed by atoms with Gasteiger partial charge in [-0.15, -0.1) is 0 Å². The molecule has 1 aromatic carbocycles. The molecular formula is C9H9F3N2O2. The molecule has 0 spiro atoms. The highest BCUT2D eigenvalue weighted by Crippen LogP contribution is 2.13. The number of hydrogen-bond donors (Lipinski definition) is 2. The Labute approximate surface area is 89.1 Å². The lowest BCUT2D eigenvalue weighted by Gasteiger charge is -2.05. The zero-order valence-electron chi connectivity index (χ0n) is 8.10. The summed E-state index contributed by atoms with van der Waals surface area (Å²) in [7, 11) is 0. The summed E-state index contributed by atoms with van der Waals surface area (Å²) in [6, 6.07) is 1.13. The van der Waals surface area contributed by atoms with Crippen LogP contribution in [0, 0.1) is 17.5 Å². The Hall–Kier alpha value is -1.60. The molecule has 88 valence electrons. The predicted molar refractivity (Wildman–Crippen MR) is 48.3 cm³/mol. The molecule has 0 unspecified atom stereocenters. The second-order valence-electron chi connectivity index (χ2n) is 2.93. The molecule has 0 bridgehead atoms. The van der Waals surface area contributed by atoms with E-state index in [0.717, 1.165) is 0 Å². The second-order valence-corrected chi connectivity index (χ2v) is 2.93. The summed E-state index contributed by atoms with van der Waals surface area (Å²) in [5, 5.41) is 0. The van der Waals surface area contributed by atoms with E-state index in [2.05, 4.69) is 10.3 Å². The first kappa shape index (κ1) is 12.5.